The third-order valence-electron chi connectivity index (χ3n) is 12.6. The molecular formula is C54H70N10. The number of para-hydroxylation sites is 4. The summed E-state index contributed by atoms with van der Waals surface area (Å²) >= 11 is 0. The molecule has 4 aromatic carbocycles. The van der Waals surface area contributed by atoms with Crippen molar-refractivity contribution in [1.29, 1.82) is 0 Å². The van der Waals surface area contributed by atoms with E-state index in [1.807, 2.05) is 24.8 Å². The van der Waals surface area contributed by atoms with Crippen LogP contribution in [0.5, 0.6) is 0 Å². The van der Waals surface area contributed by atoms with E-state index in [1.165, 1.54) is 56.1 Å². The third-order valence-corrected chi connectivity index (χ3v) is 12.6. The van der Waals surface area contributed by atoms with Crippen LogP contribution in [-0.2, 0) is 26.2 Å². The van der Waals surface area contributed by atoms with Crippen LogP contribution in [0.1, 0.15) is 58.6 Å². The highest BCUT2D eigenvalue weighted by Crippen LogP contribution is 2.36. The molecule has 0 spiro atoms. The van der Waals surface area contributed by atoms with Crippen LogP contribution in [0.3, 0.4) is 0 Å². The van der Waals surface area contributed by atoms with Crippen molar-refractivity contribution in [3.8, 4) is 0 Å². The van der Waals surface area contributed by atoms with E-state index in [0.29, 0.717) is 0 Å². The van der Waals surface area contributed by atoms with E-state index in [-0.39, 0.29) is 12.3 Å². The largest absolute Gasteiger partial charge is 0.377 e. The van der Waals surface area contributed by atoms with E-state index in [0.717, 1.165) is 65.2 Å². The van der Waals surface area contributed by atoms with Crippen molar-refractivity contribution in [2.45, 2.75) is 51.4 Å². The molecule has 0 aliphatic carbocycles. The van der Waals surface area contributed by atoms with Crippen molar-refractivity contribution in [2.75, 3.05) is 102 Å². The average molecular weight is 859 g/mol. The van der Waals surface area contributed by atoms with Gasteiger partial charge in [-0.3, -0.25) is 29.6 Å². The fraction of sp³-hybridized carbons (Fsp3) is 0.370. The molecule has 4 heterocycles. The van der Waals surface area contributed by atoms with Gasteiger partial charge in [0.1, 0.15) is 0 Å². The van der Waals surface area contributed by atoms with Gasteiger partial charge in [0.25, 0.3) is 0 Å². The molecule has 2 aliphatic rings. The summed E-state index contributed by atoms with van der Waals surface area (Å²) in [6, 6.07) is 43.7. The Labute approximate surface area is 384 Å². The maximum absolute atomic E-state index is 4.28. The molecule has 2 fully saturated rings. The SMILES string of the molecule is CN(C)c1ccccc1CN1CCCN(Cc2ccccc2N(C)C)C1c1ccncc1.CN(C)c1ccccc1CN1CCCN(Cc2ccccc2N(C)C)C1c1ccncc1. The Kier molecular flexibility index (Phi) is 16.0. The summed E-state index contributed by atoms with van der Waals surface area (Å²) in [5, 5.41) is 0. The number of aromatic nitrogens is 2. The highest BCUT2D eigenvalue weighted by molar-refractivity contribution is 5.55. The Morgan fingerprint density at radius 3 is 0.828 bits per heavy atom. The number of hydrogen-bond acceptors (Lipinski definition) is 10. The van der Waals surface area contributed by atoms with Crippen molar-refractivity contribution < 1.29 is 0 Å². The maximum atomic E-state index is 4.28. The van der Waals surface area contributed by atoms with Crippen LogP contribution < -0.4 is 19.6 Å². The first-order chi connectivity index (χ1) is 31.1. The van der Waals surface area contributed by atoms with Gasteiger partial charge < -0.3 is 19.6 Å². The van der Waals surface area contributed by atoms with Crippen LogP contribution in [0.25, 0.3) is 0 Å². The molecule has 0 unspecified atom stereocenters. The predicted octanol–water partition coefficient (Wildman–Crippen LogP) is 9.24. The Morgan fingerprint density at radius 1 is 0.359 bits per heavy atom. The van der Waals surface area contributed by atoms with Crippen molar-refractivity contribution in [2.24, 2.45) is 0 Å². The topological polar surface area (TPSA) is 51.7 Å². The van der Waals surface area contributed by atoms with Gasteiger partial charge >= 0.3 is 0 Å². The van der Waals surface area contributed by atoms with Crippen molar-refractivity contribution in [3.63, 3.8) is 0 Å². The number of rotatable bonds is 14. The molecule has 10 nitrogen and oxygen atoms in total. The molecule has 336 valence electrons. The molecule has 8 rings (SSSR count). The number of benzene rings is 4. The second-order valence-corrected chi connectivity index (χ2v) is 18.0. The molecule has 2 saturated heterocycles. The summed E-state index contributed by atoms with van der Waals surface area (Å²) in [5.74, 6) is 0. The third kappa shape index (κ3) is 11.5. The molecule has 0 radical (unpaired) electrons. The van der Waals surface area contributed by atoms with E-state index < -0.39 is 0 Å². The van der Waals surface area contributed by atoms with Gasteiger partial charge in [0, 0.05) is 156 Å². The first-order valence-electron chi connectivity index (χ1n) is 22.9. The monoisotopic (exact) mass is 859 g/mol. The summed E-state index contributed by atoms with van der Waals surface area (Å²) < 4.78 is 0. The van der Waals surface area contributed by atoms with Gasteiger partial charge in [0.2, 0.25) is 0 Å². The molecule has 0 bridgehead atoms. The number of hydrogen-bond donors (Lipinski definition) is 0. The Balaban J connectivity index is 0.000000191. The zero-order valence-electron chi connectivity index (χ0n) is 39.6. The Bertz CT molecular complexity index is 2040. The van der Waals surface area contributed by atoms with Crippen LogP contribution in [0.4, 0.5) is 22.7 Å². The molecule has 0 atom stereocenters. The summed E-state index contributed by atoms with van der Waals surface area (Å²) in [4.78, 5) is 27.9. The second-order valence-electron chi connectivity index (χ2n) is 18.0. The zero-order valence-corrected chi connectivity index (χ0v) is 39.6. The molecule has 2 aliphatic heterocycles. The lowest BCUT2D eigenvalue weighted by Crippen LogP contribution is -2.47. The zero-order chi connectivity index (χ0) is 45.0. The van der Waals surface area contributed by atoms with Gasteiger partial charge in [-0.2, -0.15) is 0 Å². The molecule has 0 N–H and O–H groups in total. The average Bonchev–Trinajstić information content (AvgIpc) is 3.30. The normalized spacial score (nSPS) is 15.6. The minimum Gasteiger partial charge on any atom is -0.377 e. The highest BCUT2D eigenvalue weighted by Gasteiger charge is 2.33. The van der Waals surface area contributed by atoms with E-state index in [2.05, 4.69) is 227 Å². The summed E-state index contributed by atoms with van der Waals surface area (Å²) in [7, 11) is 17.0. The second kappa shape index (κ2) is 22.2. The summed E-state index contributed by atoms with van der Waals surface area (Å²) in [5.41, 5.74) is 13.2. The van der Waals surface area contributed by atoms with E-state index in [4.69, 9.17) is 0 Å². The van der Waals surface area contributed by atoms with Crippen molar-refractivity contribution in [3.05, 3.63) is 179 Å². The lowest BCUT2D eigenvalue weighted by molar-refractivity contribution is -0.00896. The minimum absolute atomic E-state index is 0.220. The van der Waals surface area contributed by atoms with Crippen LogP contribution in [0, 0.1) is 0 Å². The van der Waals surface area contributed by atoms with Gasteiger partial charge in [-0.05, 0) is 94.8 Å². The number of anilines is 4. The predicted molar refractivity (Wildman–Crippen MR) is 268 cm³/mol. The quantitative estimate of drug-likeness (QED) is 0.106. The maximum Gasteiger partial charge on any atom is 0.0893 e. The van der Waals surface area contributed by atoms with Crippen LogP contribution in [0.15, 0.2) is 146 Å². The Morgan fingerprint density at radius 2 is 0.594 bits per heavy atom. The van der Waals surface area contributed by atoms with Crippen LogP contribution in [-0.4, -0.2) is 112 Å². The molecule has 0 saturated carbocycles. The fourth-order valence-electron chi connectivity index (χ4n) is 9.68. The van der Waals surface area contributed by atoms with Crippen molar-refractivity contribution in [1.82, 2.24) is 29.6 Å². The van der Waals surface area contributed by atoms with Crippen LogP contribution in [0.2, 0.25) is 0 Å². The molecule has 64 heavy (non-hydrogen) atoms. The molecule has 0 amide bonds. The first kappa shape index (κ1) is 46.2. The van der Waals surface area contributed by atoms with Gasteiger partial charge in [-0.25, -0.2) is 0 Å². The van der Waals surface area contributed by atoms with E-state index >= 15 is 0 Å². The van der Waals surface area contributed by atoms with Crippen molar-refractivity contribution >= 4 is 22.7 Å². The minimum atomic E-state index is 0.220. The highest BCUT2D eigenvalue weighted by atomic mass is 15.4. The fourth-order valence-corrected chi connectivity index (χ4v) is 9.68. The van der Waals surface area contributed by atoms with E-state index in [1.54, 1.807) is 0 Å². The molecule has 2 aromatic heterocycles. The lowest BCUT2D eigenvalue weighted by Gasteiger charge is -2.45. The first-order valence-corrected chi connectivity index (χ1v) is 22.9. The van der Waals surface area contributed by atoms with Gasteiger partial charge in [0.05, 0.1) is 12.3 Å². The molecule has 6 aromatic rings. The standard InChI is InChI=1S/2C27H35N5/c2*1-29(2)25-12-7-5-10-23(25)20-31-18-9-19-32(27(31)22-14-16-28-17-15-22)21-24-11-6-8-13-26(24)30(3)4/h2*5-8,10-17,27H,9,18-21H2,1-4H3. The summed E-state index contributed by atoms with van der Waals surface area (Å²) in [6.45, 7) is 8.03. The van der Waals surface area contributed by atoms with Gasteiger partial charge in [-0.1, -0.05) is 72.8 Å². The summed E-state index contributed by atoms with van der Waals surface area (Å²) in [6.07, 6.45) is 10.4. The molecule has 10 heteroatoms. The molecular weight excluding hydrogens is 789 g/mol. The van der Waals surface area contributed by atoms with Gasteiger partial charge in [0.15, 0.2) is 0 Å². The van der Waals surface area contributed by atoms with Gasteiger partial charge in [-0.15, -0.1) is 0 Å². The lowest BCUT2D eigenvalue weighted by atomic mass is 10.0. The smallest absolute Gasteiger partial charge is 0.0893 e. The van der Waals surface area contributed by atoms with E-state index in [9.17, 15) is 0 Å². The number of nitrogens with zero attached hydrogens (tertiary/aromatic N) is 10. The van der Waals surface area contributed by atoms with Crippen LogP contribution >= 0.6 is 0 Å². The Hall–Kier alpha value is -5.78. The number of pyridine rings is 2.